The number of nitrogens with one attached hydrogen (secondary N) is 1. The normalized spacial score (nSPS) is 16.6. The van der Waals surface area contributed by atoms with Crippen molar-refractivity contribution in [3.05, 3.63) is 54.1 Å². The van der Waals surface area contributed by atoms with E-state index in [2.05, 4.69) is 14.7 Å². The van der Waals surface area contributed by atoms with Gasteiger partial charge in [0, 0.05) is 12.4 Å². The Bertz CT molecular complexity index is 774. The Hall–Kier alpha value is -1.99. The molecule has 0 saturated heterocycles. The lowest BCUT2D eigenvalue weighted by Gasteiger charge is -2.40. The summed E-state index contributed by atoms with van der Waals surface area (Å²) in [7, 11) is -1.95. The van der Waals surface area contributed by atoms with Crippen LogP contribution in [0.25, 0.3) is 0 Å². The monoisotopic (exact) mass is 333 g/mol. The molecule has 7 heteroatoms. The lowest BCUT2D eigenvalue weighted by atomic mass is 9.77. The highest BCUT2D eigenvalue weighted by Crippen LogP contribution is 2.40. The first-order valence-electron chi connectivity index (χ1n) is 7.45. The number of ether oxygens (including phenoxy) is 1. The predicted molar refractivity (Wildman–Crippen MR) is 86.3 cm³/mol. The molecule has 6 nitrogen and oxygen atoms in total. The molecule has 0 atom stereocenters. The second kappa shape index (κ2) is 6.25. The molecule has 1 aliphatic carbocycles. The quantitative estimate of drug-likeness (QED) is 0.874. The summed E-state index contributed by atoms with van der Waals surface area (Å²) in [5.74, 6) is 1.08. The molecule has 23 heavy (non-hydrogen) atoms. The van der Waals surface area contributed by atoms with Crippen LogP contribution in [0.2, 0.25) is 0 Å². The van der Waals surface area contributed by atoms with Crippen LogP contribution in [0.3, 0.4) is 0 Å². The van der Waals surface area contributed by atoms with Crippen molar-refractivity contribution in [3.8, 4) is 5.75 Å². The zero-order chi connectivity index (χ0) is 16.3. The zero-order valence-corrected chi connectivity index (χ0v) is 13.7. The highest BCUT2D eigenvalue weighted by Gasteiger charge is 2.44. The Balaban J connectivity index is 1.80. The van der Waals surface area contributed by atoms with Gasteiger partial charge in [0.15, 0.2) is 0 Å². The SMILES string of the molecule is COc1cccc(CS(=O)(=O)NC2(c3ncccn3)CCC2)c1. The Morgan fingerprint density at radius 2 is 1.96 bits per heavy atom. The molecule has 0 bridgehead atoms. The van der Waals surface area contributed by atoms with Crippen LogP contribution in [-0.4, -0.2) is 25.5 Å². The third kappa shape index (κ3) is 3.51. The first-order valence-corrected chi connectivity index (χ1v) is 9.10. The molecule has 0 radical (unpaired) electrons. The van der Waals surface area contributed by atoms with Crippen molar-refractivity contribution in [2.45, 2.75) is 30.6 Å². The summed E-state index contributed by atoms with van der Waals surface area (Å²) in [6.45, 7) is 0. The lowest BCUT2D eigenvalue weighted by Crippen LogP contribution is -2.52. The molecule has 3 rings (SSSR count). The number of methoxy groups -OCH3 is 1. The summed E-state index contributed by atoms with van der Waals surface area (Å²) in [6, 6.07) is 8.79. The number of aromatic nitrogens is 2. The molecule has 0 amide bonds. The molecule has 1 fully saturated rings. The van der Waals surface area contributed by atoms with Crippen LogP contribution in [0.4, 0.5) is 0 Å². The van der Waals surface area contributed by atoms with E-state index in [1.165, 1.54) is 0 Å². The van der Waals surface area contributed by atoms with Gasteiger partial charge in [0.2, 0.25) is 10.0 Å². The molecule has 1 heterocycles. The fraction of sp³-hybridized carbons (Fsp3) is 0.375. The van der Waals surface area contributed by atoms with E-state index >= 15 is 0 Å². The van der Waals surface area contributed by atoms with E-state index in [0.29, 0.717) is 30.0 Å². The third-order valence-electron chi connectivity index (χ3n) is 4.04. The van der Waals surface area contributed by atoms with Crippen molar-refractivity contribution >= 4 is 10.0 Å². The number of hydrogen-bond acceptors (Lipinski definition) is 5. The smallest absolute Gasteiger partial charge is 0.216 e. The Morgan fingerprint density at radius 3 is 2.57 bits per heavy atom. The van der Waals surface area contributed by atoms with Gasteiger partial charge in [0.05, 0.1) is 18.4 Å². The maximum atomic E-state index is 12.6. The maximum Gasteiger partial charge on any atom is 0.216 e. The minimum Gasteiger partial charge on any atom is -0.497 e. The van der Waals surface area contributed by atoms with Crippen molar-refractivity contribution in [3.63, 3.8) is 0 Å². The second-order valence-electron chi connectivity index (χ2n) is 5.72. The molecule has 1 aromatic carbocycles. The molecule has 1 saturated carbocycles. The summed E-state index contributed by atoms with van der Waals surface area (Å²) in [5.41, 5.74) is 0.0131. The van der Waals surface area contributed by atoms with Crippen molar-refractivity contribution in [1.29, 1.82) is 0 Å². The number of rotatable bonds is 6. The Kier molecular flexibility index (Phi) is 4.32. The standard InChI is InChI=1S/C16H19N3O3S/c1-22-14-6-2-5-13(11-14)12-23(20,21)19-16(7-3-8-16)15-17-9-4-10-18-15/h2,4-6,9-11,19H,3,7-8,12H2,1H3. The van der Waals surface area contributed by atoms with E-state index in [-0.39, 0.29) is 5.75 Å². The highest BCUT2D eigenvalue weighted by molar-refractivity contribution is 7.88. The van der Waals surface area contributed by atoms with Gasteiger partial charge >= 0.3 is 0 Å². The predicted octanol–water partition coefficient (Wildman–Crippen LogP) is 1.98. The van der Waals surface area contributed by atoms with Gasteiger partial charge in [-0.05, 0) is 43.0 Å². The van der Waals surface area contributed by atoms with Gasteiger partial charge in [-0.15, -0.1) is 0 Å². The number of benzene rings is 1. The van der Waals surface area contributed by atoms with Gasteiger partial charge in [-0.25, -0.2) is 23.1 Å². The van der Waals surface area contributed by atoms with Gasteiger partial charge in [-0.1, -0.05) is 12.1 Å². The van der Waals surface area contributed by atoms with E-state index < -0.39 is 15.6 Å². The summed E-state index contributed by atoms with van der Waals surface area (Å²) >= 11 is 0. The van der Waals surface area contributed by atoms with Gasteiger partial charge in [-0.2, -0.15) is 0 Å². The molecular formula is C16H19N3O3S. The zero-order valence-electron chi connectivity index (χ0n) is 12.9. The first-order chi connectivity index (χ1) is 11.0. The van der Waals surface area contributed by atoms with Crippen molar-refractivity contribution in [1.82, 2.24) is 14.7 Å². The molecule has 2 aromatic rings. The van der Waals surface area contributed by atoms with Crippen molar-refractivity contribution < 1.29 is 13.2 Å². The van der Waals surface area contributed by atoms with E-state index in [0.717, 1.165) is 6.42 Å². The third-order valence-corrected chi connectivity index (χ3v) is 5.46. The van der Waals surface area contributed by atoms with Gasteiger partial charge in [0.25, 0.3) is 0 Å². The maximum absolute atomic E-state index is 12.6. The van der Waals surface area contributed by atoms with Crippen LogP contribution < -0.4 is 9.46 Å². The molecule has 0 unspecified atom stereocenters. The van der Waals surface area contributed by atoms with Crippen LogP contribution in [0.1, 0.15) is 30.7 Å². The lowest BCUT2D eigenvalue weighted by molar-refractivity contribution is 0.210. The van der Waals surface area contributed by atoms with Crippen LogP contribution in [0, 0.1) is 0 Å². The minimum atomic E-state index is -3.51. The van der Waals surface area contributed by atoms with E-state index in [4.69, 9.17) is 4.74 Å². The average molecular weight is 333 g/mol. The topological polar surface area (TPSA) is 81.2 Å². The second-order valence-corrected chi connectivity index (χ2v) is 7.44. The van der Waals surface area contributed by atoms with E-state index in [9.17, 15) is 8.42 Å². The molecule has 122 valence electrons. The summed E-state index contributed by atoms with van der Waals surface area (Å²) in [6.07, 6.45) is 5.67. The number of nitrogens with zero attached hydrogens (tertiary/aromatic N) is 2. The van der Waals surface area contributed by atoms with Gasteiger partial charge in [-0.3, -0.25) is 0 Å². The van der Waals surface area contributed by atoms with Crippen LogP contribution >= 0.6 is 0 Å². The van der Waals surface area contributed by atoms with Crippen molar-refractivity contribution in [2.75, 3.05) is 7.11 Å². The number of hydrogen-bond donors (Lipinski definition) is 1. The van der Waals surface area contributed by atoms with Crippen LogP contribution in [0.15, 0.2) is 42.7 Å². The molecule has 1 aliphatic rings. The van der Waals surface area contributed by atoms with E-state index in [1.54, 1.807) is 49.8 Å². The average Bonchev–Trinajstić information content (AvgIpc) is 2.51. The van der Waals surface area contributed by atoms with Crippen LogP contribution in [0.5, 0.6) is 5.75 Å². The summed E-state index contributed by atoms with van der Waals surface area (Å²) in [5, 5.41) is 0. The minimum absolute atomic E-state index is 0.0984. The van der Waals surface area contributed by atoms with Gasteiger partial charge < -0.3 is 4.74 Å². The fourth-order valence-corrected chi connectivity index (χ4v) is 4.34. The largest absolute Gasteiger partial charge is 0.497 e. The molecular weight excluding hydrogens is 314 g/mol. The molecule has 0 aliphatic heterocycles. The fourth-order valence-electron chi connectivity index (χ4n) is 2.76. The summed E-state index contributed by atoms with van der Waals surface area (Å²) < 4.78 is 33.1. The Morgan fingerprint density at radius 1 is 1.22 bits per heavy atom. The summed E-state index contributed by atoms with van der Waals surface area (Å²) in [4.78, 5) is 8.47. The van der Waals surface area contributed by atoms with Crippen molar-refractivity contribution in [2.24, 2.45) is 0 Å². The Labute approximate surface area is 136 Å². The van der Waals surface area contributed by atoms with Crippen LogP contribution in [-0.2, 0) is 21.3 Å². The number of sulfonamides is 1. The van der Waals surface area contributed by atoms with E-state index in [1.807, 2.05) is 0 Å². The first kappa shape index (κ1) is 15.9. The molecule has 1 N–H and O–H groups in total. The molecule has 1 aromatic heterocycles. The van der Waals surface area contributed by atoms with Gasteiger partial charge in [0.1, 0.15) is 11.6 Å². The molecule has 0 spiro atoms. The highest BCUT2D eigenvalue weighted by atomic mass is 32.2.